The van der Waals surface area contributed by atoms with Gasteiger partial charge in [0.2, 0.25) is 5.43 Å². The number of hydrogen-bond donors (Lipinski definition) is 2. The summed E-state index contributed by atoms with van der Waals surface area (Å²) in [6.45, 7) is 6.34. The topological polar surface area (TPSA) is 65.7 Å². The third-order valence-corrected chi connectivity index (χ3v) is 3.91. The number of pyridine rings is 1. The predicted molar refractivity (Wildman–Crippen MR) is 77.8 cm³/mol. The molecule has 0 aliphatic carbocycles. The van der Waals surface area contributed by atoms with Crippen LogP contribution in [0, 0.1) is 0 Å². The van der Waals surface area contributed by atoms with Crippen LogP contribution in [0.15, 0.2) is 10.9 Å². The second-order valence-electron chi connectivity index (χ2n) is 5.75. The van der Waals surface area contributed by atoms with Gasteiger partial charge < -0.3 is 14.8 Å². The van der Waals surface area contributed by atoms with Crippen LogP contribution in [-0.4, -0.2) is 32.8 Å². The van der Waals surface area contributed by atoms with E-state index in [0.717, 1.165) is 25.9 Å². The maximum Gasteiger partial charge on any atom is 0.223 e. The molecule has 0 bridgehead atoms. The van der Waals surface area contributed by atoms with Crippen molar-refractivity contribution in [3.63, 3.8) is 0 Å². The molecule has 112 valence electrons. The van der Waals surface area contributed by atoms with E-state index in [-0.39, 0.29) is 18.4 Å². The van der Waals surface area contributed by atoms with Gasteiger partial charge in [-0.25, -0.2) is 0 Å². The Labute approximate surface area is 119 Å². The van der Waals surface area contributed by atoms with Gasteiger partial charge in [-0.15, -0.1) is 0 Å². The average molecular weight is 280 g/mol. The summed E-state index contributed by atoms with van der Waals surface area (Å²) in [4.78, 5) is 14.1. The largest absolute Gasteiger partial charge is 0.503 e. The summed E-state index contributed by atoms with van der Waals surface area (Å²) < 4.78 is 1.88. The molecule has 0 saturated carbocycles. The number of piperidine rings is 1. The first-order valence-electron chi connectivity index (χ1n) is 7.34. The maximum absolute atomic E-state index is 11.8. The van der Waals surface area contributed by atoms with Crippen molar-refractivity contribution >= 4 is 0 Å². The lowest BCUT2D eigenvalue weighted by Gasteiger charge is -2.30. The van der Waals surface area contributed by atoms with Crippen molar-refractivity contribution in [1.29, 1.82) is 0 Å². The van der Waals surface area contributed by atoms with Crippen molar-refractivity contribution < 1.29 is 10.2 Å². The highest BCUT2D eigenvalue weighted by Gasteiger charge is 2.20. The van der Waals surface area contributed by atoms with Gasteiger partial charge in [0.25, 0.3) is 0 Å². The van der Waals surface area contributed by atoms with Crippen LogP contribution in [-0.2, 0) is 13.2 Å². The Kier molecular flexibility index (Phi) is 4.83. The molecule has 0 radical (unpaired) electrons. The van der Waals surface area contributed by atoms with Crippen LogP contribution < -0.4 is 5.43 Å². The van der Waals surface area contributed by atoms with Crippen LogP contribution in [0.1, 0.15) is 50.5 Å². The Morgan fingerprint density at radius 3 is 2.45 bits per heavy atom. The van der Waals surface area contributed by atoms with Crippen molar-refractivity contribution in [2.24, 2.45) is 0 Å². The fourth-order valence-corrected chi connectivity index (χ4v) is 2.96. The fraction of sp³-hybridized carbons (Fsp3) is 0.667. The normalized spacial score (nSPS) is 16.8. The highest BCUT2D eigenvalue weighted by molar-refractivity contribution is 5.30. The van der Waals surface area contributed by atoms with Crippen LogP contribution in [0.25, 0.3) is 0 Å². The summed E-state index contributed by atoms with van der Waals surface area (Å²) in [5.74, 6) is -0.179. The number of aromatic hydroxyl groups is 1. The number of hydrogen-bond acceptors (Lipinski definition) is 4. The van der Waals surface area contributed by atoms with E-state index >= 15 is 0 Å². The van der Waals surface area contributed by atoms with Crippen molar-refractivity contribution in [2.45, 2.75) is 52.3 Å². The molecular weight excluding hydrogens is 256 g/mol. The Hall–Kier alpha value is -1.33. The van der Waals surface area contributed by atoms with Crippen LogP contribution in [0.5, 0.6) is 5.75 Å². The van der Waals surface area contributed by atoms with Crippen LogP contribution in [0.4, 0.5) is 0 Å². The van der Waals surface area contributed by atoms with Gasteiger partial charge >= 0.3 is 0 Å². The molecule has 2 N–H and O–H groups in total. The number of aliphatic hydroxyl groups excluding tert-OH is 1. The highest BCUT2D eigenvalue weighted by Crippen LogP contribution is 2.23. The molecule has 1 aromatic rings. The number of likely N-dealkylation sites (tertiary alicyclic amines) is 1. The molecule has 0 unspecified atom stereocenters. The van der Waals surface area contributed by atoms with Gasteiger partial charge in [0.15, 0.2) is 5.75 Å². The van der Waals surface area contributed by atoms with Gasteiger partial charge in [-0.2, -0.15) is 0 Å². The molecule has 2 heterocycles. The van der Waals surface area contributed by atoms with E-state index in [0.29, 0.717) is 17.9 Å². The third kappa shape index (κ3) is 3.04. The average Bonchev–Trinajstić information content (AvgIpc) is 2.44. The zero-order chi connectivity index (χ0) is 14.7. The molecule has 1 aliphatic rings. The first kappa shape index (κ1) is 15.1. The molecule has 1 aromatic heterocycles. The number of aromatic nitrogens is 1. The highest BCUT2D eigenvalue weighted by atomic mass is 16.3. The van der Waals surface area contributed by atoms with Gasteiger partial charge in [-0.05, 0) is 39.8 Å². The van der Waals surface area contributed by atoms with Crippen LogP contribution >= 0.6 is 0 Å². The van der Waals surface area contributed by atoms with Crippen LogP contribution in [0.2, 0.25) is 0 Å². The van der Waals surface area contributed by atoms with E-state index in [9.17, 15) is 15.0 Å². The van der Waals surface area contributed by atoms with Crippen molar-refractivity contribution in [3.8, 4) is 5.75 Å². The summed E-state index contributed by atoms with van der Waals surface area (Å²) in [5.41, 5.74) is 0.784. The first-order valence-corrected chi connectivity index (χ1v) is 7.34. The van der Waals surface area contributed by atoms with Gasteiger partial charge in [0.1, 0.15) is 0 Å². The molecule has 20 heavy (non-hydrogen) atoms. The zero-order valence-electron chi connectivity index (χ0n) is 12.3. The van der Waals surface area contributed by atoms with E-state index in [2.05, 4.69) is 4.90 Å². The molecule has 0 atom stereocenters. The maximum atomic E-state index is 11.8. The molecule has 0 spiro atoms. The molecular formula is C15H24N2O3. The van der Waals surface area contributed by atoms with Gasteiger partial charge in [0, 0.05) is 24.3 Å². The Morgan fingerprint density at radius 1 is 1.25 bits per heavy atom. The molecule has 1 fully saturated rings. The van der Waals surface area contributed by atoms with Crippen molar-refractivity contribution in [2.75, 3.05) is 13.1 Å². The van der Waals surface area contributed by atoms with Crippen LogP contribution in [0.3, 0.4) is 0 Å². The molecule has 2 rings (SSSR count). The van der Waals surface area contributed by atoms with E-state index in [1.54, 1.807) is 0 Å². The third-order valence-electron chi connectivity index (χ3n) is 3.91. The predicted octanol–water partition coefficient (Wildman–Crippen LogP) is 1.61. The molecule has 0 amide bonds. The summed E-state index contributed by atoms with van der Waals surface area (Å²) in [7, 11) is 0. The minimum atomic E-state index is -0.405. The monoisotopic (exact) mass is 280 g/mol. The summed E-state index contributed by atoms with van der Waals surface area (Å²) in [5, 5.41) is 19.6. The second kappa shape index (κ2) is 6.41. The zero-order valence-corrected chi connectivity index (χ0v) is 12.3. The number of aliphatic hydroxyl groups is 1. The smallest absolute Gasteiger partial charge is 0.223 e. The van der Waals surface area contributed by atoms with E-state index in [1.165, 1.54) is 12.5 Å². The quantitative estimate of drug-likeness (QED) is 0.879. The van der Waals surface area contributed by atoms with Gasteiger partial charge in [0.05, 0.1) is 12.3 Å². The van der Waals surface area contributed by atoms with E-state index in [1.807, 2.05) is 18.4 Å². The first-order chi connectivity index (χ1) is 9.54. The lowest BCUT2D eigenvalue weighted by Crippen LogP contribution is -2.32. The molecule has 5 heteroatoms. The standard InChI is InChI=1S/C15H24N2O3/c1-11(2)17-12(10-18)8-14(19)15(20)13(17)9-16-6-4-3-5-7-16/h8,11,18,20H,3-7,9-10H2,1-2H3. The lowest BCUT2D eigenvalue weighted by molar-refractivity contribution is 0.207. The minimum absolute atomic E-state index is 0.0865. The van der Waals surface area contributed by atoms with Gasteiger partial charge in [-0.3, -0.25) is 9.69 Å². The number of nitrogens with zero attached hydrogens (tertiary/aromatic N) is 2. The van der Waals surface area contributed by atoms with Crippen molar-refractivity contribution in [1.82, 2.24) is 9.47 Å². The van der Waals surface area contributed by atoms with Gasteiger partial charge in [-0.1, -0.05) is 6.42 Å². The SMILES string of the molecule is CC(C)n1c(CO)cc(=O)c(O)c1CN1CCCCC1. The van der Waals surface area contributed by atoms with E-state index in [4.69, 9.17) is 0 Å². The molecule has 5 nitrogen and oxygen atoms in total. The Bertz CT molecular complexity index is 517. The molecule has 0 aromatic carbocycles. The molecule has 1 aliphatic heterocycles. The van der Waals surface area contributed by atoms with Crippen molar-refractivity contribution in [3.05, 3.63) is 27.7 Å². The second-order valence-corrected chi connectivity index (χ2v) is 5.75. The Morgan fingerprint density at radius 2 is 1.90 bits per heavy atom. The summed E-state index contributed by atoms with van der Waals surface area (Å²) >= 11 is 0. The lowest BCUT2D eigenvalue weighted by atomic mass is 10.1. The summed E-state index contributed by atoms with van der Waals surface area (Å²) in [6.07, 6.45) is 3.56. The summed E-state index contributed by atoms with van der Waals surface area (Å²) in [6, 6.07) is 1.41. The Balaban J connectivity index is 2.42. The fourth-order valence-electron chi connectivity index (χ4n) is 2.96. The van der Waals surface area contributed by atoms with E-state index < -0.39 is 5.43 Å². The minimum Gasteiger partial charge on any atom is -0.503 e. The number of rotatable bonds is 4. The molecule has 1 saturated heterocycles.